The molecule has 2 rings (SSSR count). The Labute approximate surface area is 82.0 Å². The maximum Gasteiger partial charge on any atom is 0.130 e. The van der Waals surface area contributed by atoms with Crippen molar-refractivity contribution in [2.24, 2.45) is 0 Å². The molecule has 13 heavy (non-hydrogen) atoms. The van der Waals surface area contributed by atoms with Crippen LogP contribution in [-0.2, 0) is 5.60 Å². The first-order valence-corrected chi connectivity index (χ1v) is 5.47. The predicted octanol–water partition coefficient (Wildman–Crippen LogP) is 1.06. The van der Waals surface area contributed by atoms with Crippen molar-refractivity contribution < 1.29 is 5.11 Å². The van der Waals surface area contributed by atoms with Gasteiger partial charge in [-0.05, 0) is 13.0 Å². The highest BCUT2D eigenvalue weighted by atomic mass is 32.1. The molecule has 2 heterocycles. The van der Waals surface area contributed by atoms with Crippen LogP contribution in [0.2, 0.25) is 0 Å². The van der Waals surface area contributed by atoms with Crippen LogP contribution < -0.4 is 0 Å². The minimum atomic E-state index is -0.676. The molecule has 0 aliphatic carbocycles. The van der Waals surface area contributed by atoms with Crippen molar-refractivity contribution in [3.05, 3.63) is 16.6 Å². The summed E-state index contributed by atoms with van der Waals surface area (Å²) < 4.78 is 0. The van der Waals surface area contributed by atoms with Crippen LogP contribution in [0.5, 0.6) is 0 Å². The zero-order chi connectivity index (χ0) is 9.31. The molecule has 1 N–H and O–H groups in total. The van der Waals surface area contributed by atoms with Crippen molar-refractivity contribution in [1.82, 2.24) is 9.88 Å². The van der Waals surface area contributed by atoms with Crippen LogP contribution >= 0.6 is 11.3 Å². The highest BCUT2D eigenvalue weighted by Gasteiger charge is 2.38. The van der Waals surface area contributed by atoms with Crippen molar-refractivity contribution in [3.63, 3.8) is 0 Å². The lowest BCUT2D eigenvalue weighted by Gasteiger charge is -2.20. The maximum absolute atomic E-state index is 10.3. The van der Waals surface area contributed by atoms with Crippen molar-refractivity contribution >= 4 is 11.3 Å². The summed E-state index contributed by atoms with van der Waals surface area (Å²) in [5, 5.41) is 13.0. The fraction of sp³-hybridized carbons (Fsp3) is 0.667. The maximum atomic E-state index is 10.3. The fourth-order valence-electron chi connectivity index (χ4n) is 1.77. The second-order valence-corrected chi connectivity index (χ2v) is 4.38. The molecule has 0 bridgehead atoms. The summed E-state index contributed by atoms with van der Waals surface area (Å²) >= 11 is 1.54. The van der Waals surface area contributed by atoms with Crippen LogP contribution in [0.1, 0.15) is 18.4 Å². The number of aliphatic hydroxyl groups is 1. The molecular weight excluding hydrogens is 184 g/mol. The molecule has 0 saturated carbocycles. The van der Waals surface area contributed by atoms with Crippen LogP contribution in [-0.4, -0.2) is 34.6 Å². The second-order valence-electron chi connectivity index (χ2n) is 3.49. The number of thiazole rings is 1. The molecule has 0 amide bonds. The molecule has 1 saturated heterocycles. The van der Waals surface area contributed by atoms with Gasteiger partial charge in [0.2, 0.25) is 0 Å². The van der Waals surface area contributed by atoms with Gasteiger partial charge in [0.25, 0.3) is 0 Å². The number of likely N-dealkylation sites (tertiary alicyclic amines) is 1. The number of hydrogen-bond donors (Lipinski definition) is 1. The van der Waals surface area contributed by atoms with Gasteiger partial charge in [0.05, 0.1) is 0 Å². The Morgan fingerprint density at radius 3 is 3.15 bits per heavy atom. The van der Waals surface area contributed by atoms with E-state index in [-0.39, 0.29) is 0 Å². The molecule has 1 atom stereocenters. The molecule has 4 heteroatoms. The number of likely N-dealkylation sites (N-methyl/N-ethyl adjacent to an activating group) is 1. The van der Waals surface area contributed by atoms with Gasteiger partial charge in [0.1, 0.15) is 10.6 Å². The Kier molecular flexibility index (Phi) is 2.36. The molecule has 1 aromatic rings. The van der Waals surface area contributed by atoms with E-state index in [0.717, 1.165) is 31.1 Å². The second kappa shape index (κ2) is 3.36. The molecule has 1 aliphatic rings. The third-order valence-corrected chi connectivity index (χ3v) is 3.57. The van der Waals surface area contributed by atoms with Gasteiger partial charge < -0.3 is 10.0 Å². The van der Waals surface area contributed by atoms with Crippen molar-refractivity contribution in [2.75, 3.05) is 19.6 Å². The lowest BCUT2D eigenvalue weighted by molar-refractivity contribution is 0.0465. The van der Waals surface area contributed by atoms with Gasteiger partial charge >= 0.3 is 0 Å². The van der Waals surface area contributed by atoms with Crippen LogP contribution in [0, 0.1) is 0 Å². The lowest BCUT2D eigenvalue weighted by Crippen LogP contribution is -2.30. The summed E-state index contributed by atoms with van der Waals surface area (Å²) in [5.74, 6) is 0. The minimum Gasteiger partial charge on any atom is -0.381 e. The smallest absolute Gasteiger partial charge is 0.130 e. The third kappa shape index (κ3) is 1.61. The first-order chi connectivity index (χ1) is 6.24. The molecule has 0 radical (unpaired) electrons. The summed E-state index contributed by atoms with van der Waals surface area (Å²) in [6.45, 7) is 4.84. The predicted molar refractivity (Wildman–Crippen MR) is 52.7 cm³/mol. The number of aromatic nitrogens is 1. The molecule has 1 fully saturated rings. The van der Waals surface area contributed by atoms with Crippen molar-refractivity contribution in [3.8, 4) is 0 Å². The topological polar surface area (TPSA) is 36.4 Å². The van der Waals surface area contributed by atoms with Crippen LogP contribution in [0.15, 0.2) is 11.6 Å². The fourth-order valence-corrected chi connectivity index (χ4v) is 2.53. The summed E-state index contributed by atoms with van der Waals surface area (Å²) in [7, 11) is 0. The monoisotopic (exact) mass is 198 g/mol. The number of hydrogen-bond acceptors (Lipinski definition) is 4. The van der Waals surface area contributed by atoms with E-state index in [9.17, 15) is 5.11 Å². The number of β-amino-alcohol motifs (C(OH)–C–C–N with tert-alkyl or cyclic N) is 1. The standard InChI is InChI=1S/C9H14N2OS/c1-2-11-5-3-9(12,7-11)8-10-4-6-13-8/h4,6,12H,2-3,5,7H2,1H3. The zero-order valence-electron chi connectivity index (χ0n) is 7.73. The van der Waals surface area contributed by atoms with E-state index >= 15 is 0 Å². The van der Waals surface area contributed by atoms with E-state index in [0.29, 0.717) is 0 Å². The number of rotatable bonds is 2. The third-order valence-electron chi connectivity index (χ3n) is 2.60. The van der Waals surface area contributed by atoms with Gasteiger partial charge in [-0.1, -0.05) is 6.92 Å². The Hall–Kier alpha value is -0.450. The van der Waals surface area contributed by atoms with Gasteiger partial charge in [-0.3, -0.25) is 0 Å². The summed E-state index contributed by atoms with van der Waals surface area (Å²) in [5.41, 5.74) is -0.676. The Bertz CT molecular complexity index is 275. The number of nitrogens with zero attached hydrogens (tertiary/aromatic N) is 2. The first-order valence-electron chi connectivity index (χ1n) is 4.59. The molecule has 3 nitrogen and oxygen atoms in total. The highest BCUT2D eigenvalue weighted by molar-refractivity contribution is 7.09. The highest BCUT2D eigenvalue weighted by Crippen LogP contribution is 2.32. The zero-order valence-corrected chi connectivity index (χ0v) is 8.55. The molecule has 1 aromatic heterocycles. The molecule has 1 aliphatic heterocycles. The molecule has 1 unspecified atom stereocenters. The molecule has 0 aromatic carbocycles. The molecule has 72 valence electrons. The van der Waals surface area contributed by atoms with Crippen LogP contribution in [0.4, 0.5) is 0 Å². The average Bonchev–Trinajstić information content (AvgIpc) is 2.72. The molecule has 0 spiro atoms. The van der Waals surface area contributed by atoms with E-state index < -0.39 is 5.60 Å². The van der Waals surface area contributed by atoms with E-state index in [1.54, 1.807) is 17.5 Å². The normalized spacial score (nSPS) is 29.7. The van der Waals surface area contributed by atoms with E-state index in [1.165, 1.54) is 0 Å². The average molecular weight is 198 g/mol. The van der Waals surface area contributed by atoms with E-state index in [2.05, 4.69) is 16.8 Å². The van der Waals surface area contributed by atoms with Gasteiger partial charge in [-0.2, -0.15) is 0 Å². The van der Waals surface area contributed by atoms with Gasteiger partial charge in [-0.15, -0.1) is 11.3 Å². The first kappa shape index (κ1) is 9.12. The summed E-state index contributed by atoms with van der Waals surface area (Å²) in [6.07, 6.45) is 2.57. The minimum absolute atomic E-state index is 0.676. The summed E-state index contributed by atoms with van der Waals surface area (Å²) in [6, 6.07) is 0. The van der Waals surface area contributed by atoms with Gasteiger partial charge in [0, 0.05) is 24.7 Å². The molecular formula is C9H14N2OS. The van der Waals surface area contributed by atoms with Crippen molar-refractivity contribution in [1.29, 1.82) is 0 Å². The van der Waals surface area contributed by atoms with E-state index in [1.807, 2.05) is 5.38 Å². The van der Waals surface area contributed by atoms with E-state index in [4.69, 9.17) is 0 Å². The Morgan fingerprint density at radius 2 is 2.62 bits per heavy atom. The lowest BCUT2D eigenvalue weighted by atomic mass is 10.1. The SMILES string of the molecule is CCN1CCC(O)(c2nccs2)C1. The van der Waals surface area contributed by atoms with Crippen LogP contribution in [0.25, 0.3) is 0 Å². The van der Waals surface area contributed by atoms with Crippen LogP contribution in [0.3, 0.4) is 0 Å². The summed E-state index contributed by atoms with van der Waals surface area (Å²) in [4.78, 5) is 6.43. The van der Waals surface area contributed by atoms with Crippen molar-refractivity contribution in [2.45, 2.75) is 18.9 Å². The van der Waals surface area contributed by atoms with Gasteiger partial charge in [-0.25, -0.2) is 4.98 Å². The Balaban J connectivity index is 2.15. The Morgan fingerprint density at radius 1 is 1.77 bits per heavy atom. The largest absolute Gasteiger partial charge is 0.381 e. The quantitative estimate of drug-likeness (QED) is 0.772. The van der Waals surface area contributed by atoms with Gasteiger partial charge in [0.15, 0.2) is 0 Å².